The van der Waals surface area contributed by atoms with Crippen LogP contribution < -0.4 is 5.43 Å². The van der Waals surface area contributed by atoms with Crippen molar-refractivity contribution in [2.24, 2.45) is 0 Å². The summed E-state index contributed by atoms with van der Waals surface area (Å²) in [6.07, 6.45) is 1.55. The van der Waals surface area contributed by atoms with Crippen LogP contribution in [0.5, 0.6) is 0 Å². The molecule has 0 saturated heterocycles. The molecule has 1 heterocycles. The number of hydrogen-bond donors (Lipinski definition) is 0. The van der Waals surface area contributed by atoms with Crippen LogP contribution in [0, 0.1) is 6.92 Å². The average Bonchev–Trinajstić information content (AvgIpc) is 2.41. The molecule has 3 rings (SSSR count). The van der Waals surface area contributed by atoms with Crippen LogP contribution in [0.2, 0.25) is 0 Å². The molecule has 0 aliphatic rings. The minimum atomic E-state index is 0.0196. The molecule has 2 heteroatoms. The van der Waals surface area contributed by atoms with Crippen molar-refractivity contribution in [3.63, 3.8) is 0 Å². The molecule has 0 unspecified atom stereocenters. The SMILES string of the molecule is Cc1cccc2c(=O)c(-c3ccccc3)coc12. The minimum Gasteiger partial charge on any atom is -0.463 e. The molecule has 0 bridgehead atoms. The highest BCUT2D eigenvalue weighted by atomic mass is 16.3. The fourth-order valence-corrected chi connectivity index (χ4v) is 2.12. The van der Waals surface area contributed by atoms with E-state index in [1.54, 1.807) is 12.3 Å². The van der Waals surface area contributed by atoms with Crippen molar-refractivity contribution in [2.45, 2.75) is 6.92 Å². The summed E-state index contributed by atoms with van der Waals surface area (Å²) in [6.45, 7) is 1.94. The second-order valence-electron chi connectivity index (χ2n) is 4.30. The summed E-state index contributed by atoms with van der Waals surface area (Å²) in [5.74, 6) is 0. The molecule has 0 N–H and O–H groups in total. The Morgan fingerprint density at radius 2 is 1.72 bits per heavy atom. The van der Waals surface area contributed by atoms with Crippen molar-refractivity contribution >= 4 is 11.0 Å². The van der Waals surface area contributed by atoms with Crippen molar-refractivity contribution < 1.29 is 4.42 Å². The summed E-state index contributed by atoms with van der Waals surface area (Å²) < 4.78 is 5.61. The van der Waals surface area contributed by atoms with Crippen molar-refractivity contribution in [1.29, 1.82) is 0 Å². The van der Waals surface area contributed by atoms with Crippen LogP contribution in [-0.4, -0.2) is 0 Å². The zero-order valence-electron chi connectivity index (χ0n) is 10.0. The molecule has 2 aromatic carbocycles. The van der Waals surface area contributed by atoms with Crippen LogP contribution in [0.4, 0.5) is 0 Å². The summed E-state index contributed by atoms with van der Waals surface area (Å²) in [6, 6.07) is 15.2. The van der Waals surface area contributed by atoms with Crippen molar-refractivity contribution in [2.75, 3.05) is 0 Å². The summed E-state index contributed by atoms with van der Waals surface area (Å²) >= 11 is 0. The third-order valence-electron chi connectivity index (χ3n) is 3.08. The normalized spacial score (nSPS) is 10.7. The monoisotopic (exact) mass is 236 g/mol. The highest BCUT2D eigenvalue weighted by molar-refractivity contribution is 5.83. The van der Waals surface area contributed by atoms with E-state index < -0.39 is 0 Å². The second-order valence-corrected chi connectivity index (χ2v) is 4.30. The molecule has 0 aliphatic heterocycles. The van der Waals surface area contributed by atoms with E-state index in [4.69, 9.17) is 4.42 Å². The van der Waals surface area contributed by atoms with Gasteiger partial charge in [0.15, 0.2) is 5.43 Å². The van der Waals surface area contributed by atoms with E-state index in [0.717, 1.165) is 11.1 Å². The van der Waals surface area contributed by atoms with Crippen LogP contribution in [0.15, 0.2) is 64.0 Å². The van der Waals surface area contributed by atoms with Crippen LogP contribution >= 0.6 is 0 Å². The van der Waals surface area contributed by atoms with Gasteiger partial charge in [0.05, 0.1) is 10.9 Å². The van der Waals surface area contributed by atoms with Gasteiger partial charge in [-0.1, -0.05) is 42.5 Å². The lowest BCUT2D eigenvalue weighted by atomic mass is 10.0. The maximum atomic E-state index is 12.4. The van der Waals surface area contributed by atoms with Gasteiger partial charge in [-0.2, -0.15) is 0 Å². The molecule has 0 saturated carbocycles. The van der Waals surface area contributed by atoms with E-state index in [1.807, 2.05) is 49.4 Å². The van der Waals surface area contributed by atoms with Gasteiger partial charge in [-0.05, 0) is 24.1 Å². The van der Waals surface area contributed by atoms with Gasteiger partial charge in [0, 0.05) is 0 Å². The van der Waals surface area contributed by atoms with Crippen molar-refractivity contribution in [3.05, 3.63) is 70.6 Å². The summed E-state index contributed by atoms with van der Waals surface area (Å²) in [5, 5.41) is 0.636. The smallest absolute Gasteiger partial charge is 0.200 e. The van der Waals surface area contributed by atoms with E-state index in [1.165, 1.54) is 0 Å². The van der Waals surface area contributed by atoms with Gasteiger partial charge < -0.3 is 4.42 Å². The Bertz CT molecular complexity index is 755. The largest absolute Gasteiger partial charge is 0.463 e. The lowest BCUT2D eigenvalue weighted by Crippen LogP contribution is -2.05. The molecule has 18 heavy (non-hydrogen) atoms. The Hall–Kier alpha value is -2.35. The van der Waals surface area contributed by atoms with Gasteiger partial charge in [-0.25, -0.2) is 0 Å². The van der Waals surface area contributed by atoms with Crippen molar-refractivity contribution in [1.82, 2.24) is 0 Å². The van der Waals surface area contributed by atoms with Crippen molar-refractivity contribution in [3.8, 4) is 11.1 Å². The van der Waals surface area contributed by atoms with Crippen LogP contribution in [-0.2, 0) is 0 Å². The zero-order chi connectivity index (χ0) is 12.5. The van der Waals surface area contributed by atoms with Gasteiger partial charge in [0.2, 0.25) is 0 Å². The number of aryl methyl sites for hydroxylation is 1. The van der Waals surface area contributed by atoms with E-state index >= 15 is 0 Å². The Morgan fingerprint density at radius 1 is 0.944 bits per heavy atom. The highest BCUT2D eigenvalue weighted by Crippen LogP contribution is 2.21. The van der Waals surface area contributed by atoms with Crippen LogP contribution in [0.3, 0.4) is 0 Å². The fourth-order valence-electron chi connectivity index (χ4n) is 2.12. The van der Waals surface area contributed by atoms with Gasteiger partial charge in [-0.3, -0.25) is 4.79 Å². The van der Waals surface area contributed by atoms with Gasteiger partial charge in [-0.15, -0.1) is 0 Å². The summed E-state index contributed by atoms with van der Waals surface area (Å²) in [7, 11) is 0. The van der Waals surface area contributed by atoms with Gasteiger partial charge in [0.1, 0.15) is 11.8 Å². The first-order valence-electron chi connectivity index (χ1n) is 5.84. The van der Waals surface area contributed by atoms with E-state index in [-0.39, 0.29) is 5.43 Å². The molecule has 0 radical (unpaired) electrons. The highest BCUT2D eigenvalue weighted by Gasteiger charge is 2.09. The average molecular weight is 236 g/mol. The number of rotatable bonds is 1. The molecule has 3 aromatic rings. The quantitative estimate of drug-likeness (QED) is 0.643. The number of para-hydroxylation sites is 1. The summed E-state index contributed by atoms with van der Waals surface area (Å²) in [5.41, 5.74) is 3.15. The fraction of sp³-hybridized carbons (Fsp3) is 0.0625. The molecule has 88 valence electrons. The standard InChI is InChI=1S/C16H12O2/c1-11-6-5-9-13-15(17)14(10-18-16(11)13)12-7-3-2-4-8-12/h2-10H,1H3. The first kappa shape index (κ1) is 10.8. The predicted molar refractivity (Wildman–Crippen MR) is 72.7 cm³/mol. The lowest BCUT2D eigenvalue weighted by Gasteiger charge is -2.04. The van der Waals surface area contributed by atoms with E-state index in [2.05, 4.69) is 0 Å². The van der Waals surface area contributed by atoms with Gasteiger partial charge in [0.25, 0.3) is 0 Å². The minimum absolute atomic E-state index is 0.0196. The van der Waals surface area contributed by atoms with Crippen LogP contribution in [0.1, 0.15) is 5.56 Å². The Morgan fingerprint density at radius 3 is 2.50 bits per heavy atom. The number of fused-ring (bicyclic) bond motifs is 1. The number of benzene rings is 2. The maximum absolute atomic E-state index is 12.4. The second kappa shape index (κ2) is 4.15. The molecule has 0 atom stereocenters. The topological polar surface area (TPSA) is 30.2 Å². The van der Waals surface area contributed by atoms with E-state index in [0.29, 0.717) is 16.5 Å². The molecule has 0 spiro atoms. The third kappa shape index (κ3) is 1.63. The third-order valence-corrected chi connectivity index (χ3v) is 3.08. The predicted octanol–water partition coefficient (Wildman–Crippen LogP) is 3.77. The molecule has 0 amide bonds. The first-order valence-corrected chi connectivity index (χ1v) is 5.84. The Kier molecular flexibility index (Phi) is 2.49. The number of hydrogen-bond acceptors (Lipinski definition) is 2. The lowest BCUT2D eigenvalue weighted by molar-refractivity contribution is 0.602. The molecule has 2 nitrogen and oxygen atoms in total. The maximum Gasteiger partial charge on any atom is 0.200 e. The zero-order valence-corrected chi connectivity index (χ0v) is 10.0. The van der Waals surface area contributed by atoms with Gasteiger partial charge >= 0.3 is 0 Å². The van der Waals surface area contributed by atoms with Crippen LogP contribution in [0.25, 0.3) is 22.1 Å². The van der Waals surface area contributed by atoms with E-state index in [9.17, 15) is 4.79 Å². The molecule has 0 aliphatic carbocycles. The summed E-state index contributed by atoms with van der Waals surface area (Å²) in [4.78, 5) is 12.4. The molecule has 0 fully saturated rings. The molecular weight excluding hydrogens is 224 g/mol. The first-order chi connectivity index (χ1) is 8.77. The molecular formula is C16H12O2. The Labute approximate surface area is 105 Å². The molecule has 1 aromatic heterocycles. The Balaban J connectivity index is 2.35.